The summed E-state index contributed by atoms with van der Waals surface area (Å²) in [4.78, 5) is 8.94. The van der Waals surface area contributed by atoms with Crippen LogP contribution in [0.5, 0.6) is 0 Å². The van der Waals surface area contributed by atoms with Crippen LogP contribution in [0.4, 0.5) is 0 Å². The standard InChI is InChI=1S/C18H26N6S.HI/c1-3-19-17(21-12-18(2)8-5-9-25-18)20-11-14-6-4-7-15(10-14)16-22-13-23-24-16;/h4,6-7,10,13H,3,5,8-9,11-12H2,1-2H3,(H2,19,20,21)(H,22,23,24);1H. The van der Waals surface area contributed by atoms with Gasteiger partial charge in [0.2, 0.25) is 0 Å². The van der Waals surface area contributed by atoms with Gasteiger partial charge in [0, 0.05) is 23.4 Å². The average Bonchev–Trinajstić information content (AvgIpc) is 3.30. The minimum absolute atomic E-state index is 0. The van der Waals surface area contributed by atoms with Crippen LogP contribution < -0.4 is 10.6 Å². The van der Waals surface area contributed by atoms with Gasteiger partial charge in [-0.05, 0) is 44.1 Å². The number of thioether (sulfide) groups is 1. The Morgan fingerprint density at radius 1 is 1.38 bits per heavy atom. The lowest BCUT2D eigenvalue weighted by Crippen LogP contribution is -2.43. The molecule has 8 heteroatoms. The number of benzene rings is 1. The van der Waals surface area contributed by atoms with E-state index in [4.69, 9.17) is 4.99 Å². The lowest BCUT2D eigenvalue weighted by molar-refractivity contribution is 0.584. The topological polar surface area (TPSA) is 78.0 Å². The van der Waals surface area contributed by atoms with Crippen molar-refractivity contribution >= 4 is 41.7 Å². The van der Waals surface area contributed by atoms with Gasteiger partial charge in [0.25, 0.3) is 0 Å². The molecule has 3 N–H and O–H groups in total. The van der Waals surface area contributed by atoms with E-state index in [9.17, 15) is 0 Å². The van der Waals surface area contributed by atoms with E-state index in [0.717, 1.165) is 36.0 Å². The fourth-order valence-corrected chi connectivity index (χ4v) is 4.16. The molecular formula is C18H27IN6S. The SMILES string of the molecule is CCNC(=NCc1cccc(-c2ncn[nH]2)c1)NCC1(C)CCCS1.I. The highest BCUT2D eigenvalue weighted by molar-refractivity contribution is 14.0. The minimum Gasteiger partial charge on any atom is -0.357 e. The fourth-order valence-electron chi connectivity index (χ4n) is 2.92. The molecule has 1 atom stereocenters. The molecule has 0 saturated carbocycles. The Balaban J connectivity index is 0.00000243. The smallest absolute Gasteiger partial charge is 0.191 e. The molecule has 26 heavy (non-hydrogen) atoms. The van der Waals surface area contributed by atoms with Gasteiger partial charge in [0.15, 0.2) is 11.8 Å². The van der Waals surface area contributed by atoms with Crippen molar-refractivity contribution in [3.63, 3.8) is 0 Å². The zero-order valence-corrected chi connectivity index (χ0v) is 18.4. The first-order chi connectivity index (χ1) is 12.2. The molecule has 3 rings (SSSR count). The molecule has 0 bridgehead atoms. The summed E-state index contributed by atoms with van der Waals surface area (Å²) in [5.41, 5.74) is 2.17. The van der Waals surface area contributed by atoms with Crippen molar-refractivity contribution < 1.29 is 0 Å². The minimum atomic E-state index is 0. The number of guanidine groups is 1. The second kappa shape index (κ2) is 10.1. The van der Waals surface area contributed by atoms with E-state index >= 15 is 0 Å². The molecule has 1 saturated heterocycles. The lowest BCUT2D eigenvalue weighted by atomic mass is 10.1. The molecule has 0 aliphatic carbocycles. The van der Waals surface area contributed by atoms with E-state index in [0.29, 0.717) is 11.3 Å². The maximum Gasteiger partial charge on any atom is 0.191 e. The number of hydrogen-bond donors (Lipinski definition) is 3. The molecule has 2 heterocycles. The van der Waals surface area contributed by atoms with Crippen molar-refractivity contribution in [1.82, 2.24) is 25.8 Å². The predicted octanol–water partition coefficient (Wildman–Crippen LogP) is 3.43. The first kappa shape index (κ1) is 21.0. The molecule has 1 aromatic carbocycles. The van der Waals surface area contributed by atoms with Crippen LogP contribution in [0.3, 0.4) is 0 Å². The Morgan fingerprint density at radius 2 is 2.27 bits per heavy atom. The van der Waals surface area contributed by atoms with Crippen molar-refractivity contribution in [1.29, 1.82) is 0 Å². The van der Waals surface area contributed by atoms with Crippen LogP contribution in [0, 0.1) is 0 Å². The lowest BCUT2D eigenvalue weighted by Gasteiger charge is -2.24. The van der Waals surface area contributed by atoms with Gasteiger partial charge in [0.1, 0.15) is 6.33 Å². The molecule has 0 radical (unpaired) electrons. The third kappa shape index (κ3) is 5.87. The molecule has 1 aliphatic rings. The van der Waals surface area contributed by atoms with Gasteiger partial charge in [-0.1, -0.05) is 18.2 Å². The fraction of sp³-hybridized carbons (Fsp3) is 0.500. The van der Waals surface area contributed by atoms with Gasteiger partial charge in [-0.15, -0.1) is 24.0 Å². The van der Waals surface area contributed by atoms with Crippen LogP contribution in [0.25, 0.3) is 11.4 Å². The summed E-state index contributed by atoms with van der Waals surface area (Å²) >= 11 is 2.06. The summed E-state index contributed by atoms with van der Waals surface area (Å²) in [5, 5.41) is 13.6. The Morgan fingerprint density at radius 3 is 2.96 bits per heavy atom. The largest absolute Gasteiger partial charge is 0.357 e. The number of rotatable bonds is 6. The Bertz CT molecular complexity index is 697. The number of halogens is 1. The van der Waals surface area contributed by atoms with E-state index in [1.165, 1.54) is 24.9 Å². The second-order valence-electron chi connectivity index (χ2n) is 6.49. The third-order valence-corrected chi connectivity index (χ3v) is 5.85. The maximum absolute atomic E-state index is 4.74. The Kier molecular flexibility index (Phi) is 8.20. The van der Waals surface area contributed by atoms with Gasteiger partial charge < -0.3 is 10.6 Å². The van der Waals surface area contributed by atoms with Crippen LogP contribution >= 0.6 is 35.7 Å². The molecule has 0 amide bonds. The van der Waals surface area contributed by atoms with Crippen molar-refractivity contribution in [3.05, 3.63) is 36.2 Å². The highest BCUT2D eigenvalue weighted by Gasteiger charge is 2.29. The van der Waals surface area contributed by atoms with Crippen LogP contribution in [-0.4, -0.2) is 44.7 Å². The van der Waals surface area contributed by atoms with Gasteiger partial charge in [0.05, 0.1) is 6.54 Å². The number of nitrogens with one attached hydrogen (secondary N) is 3. The number of aromatic nitrogens is 3. The summed E-state index contributed by atoms with van der Waals surface area (Å²) in [6.45, 7) is 6.85. The first-order valence-electron chi connectivity index (χ1n) is 8.79. The van der Waals surface area contributed by atoms with Crippen molar-refractivity contribution in [3.8, 4) is 11.4 Å². The molecule has 6 nitrogen and oxygen atoms in total. The number of nitrogens with zero attached hydrogens (tertiary/aromatic N) is 3. The van der Waals surface area contributed by atoms with E-state index in [1.807, 2.05) is 12.1 Å². The summed E-state index contributed by atoms with van der Waals surface area (Å²) in [6, 6.07) is 8.23. The van der Waals surface area contributed by atoms with Crippen molar-refractivity contribution in [2.24, 2.45) is 4.99 Å². The van der Waals surface area contributed by atoms with E-state index in [-0.39, 0.29) is 24.0 Å². The molecule has 142 valence electrons. The van der Waals surface area contributed by atoms with Gasteiger partial charge in [-0.2, -0.15) is 16.9 Å². The van der Waals surface area contributed by atoms with Gasteiger partial charge in [-0.25, -0.2) is 9.98 Å². The monoisotopic (exact) mass is 486 g/mol. The Hall–Kier alpha value is -1.29. The van der Waals surface area contributed by atoms with Crippen LogP contribution in [0.1, 0.15) is 32.3 Å². The van der Waals surface area contributed by atoms with Gasteiger partial charge in [-0.3, -0.25) is 5.10 Å². The molecule has 1 aromatic heterocycles. The number of hydrogen-bond acceptors (Lipinski definition) is 4. The Labute approximate surface area is 176 Å². The zero-order valence-electron chi connectivity index (χ0n) is 15.3. The summed E-state index contributed by atoms with van der Waals surface area (Å²) in [7, 11) is 0. The second-order valence-corrected chi connectivity index (χ2v) is 8.17. The van der Waals surface area contributed by atoms with E-state index in [2.05, 4.69) is 63.6 Å². The third-order valence-electron chi connectivity index (χ3n) is 4.31. The van der Waals surface area contributed by atoms with E-state index < -0.39 is 0 Å². The molecule has 0 spiro atoms. The zero-order chi connectivity index (χ0) is 17.5. The molecule has 1 fully saturated rings. The van der Waals surface area contributed by atoms with E-state index in [1.54, 1.807) is 0 Å². The van der Waals surface area contributed by atoms with Crippen LogP contribution in [0.15, 0.2) is 35.6 Å². The molecule has 1 unspecified atom stereocenters. The number of aliphatic imine (C=N–C) groups is 1. The van der Waals surface area contributed by atoms with Crippen LogP contribution in [0.2, 0.25) is 0 Å². The molecule has 1 aliphatic heterocycles. The molecule has 2 aromatic rings. The highest BCUT2D eigenvalue weighted by Crippen LogP contribution is 2.36. The quantitative estimate of drug-likeness (QED) is 0.331. The van der Waals surface area contributed by atoms with Crippen molar-refractivity contribution in [2.45, 2.75) is 38.0 Å². The number of H-pyrrole nitrogens is 1. The normalized spacial score (nSPS) is 19.8. The highest BCUT2D eigenvalue weighted by atomic mass is 127. The number of aromatic amines is 1. The maximum atomic E-state index is 4.74. The molecular weight excluding hydrogens is 459 g/mol. The van der Waals surface area contributed by atoms with Gasteiger partial charge >= 0.3 is 0 Å². The summed E-state index contributed by atoms with van der Waals surface area (Å²) < 4.78 is 0.322. The average molecular weight is 486 g/mol. The first-order valence-corrected chi connectivity index (χ1v) is 9.78. The van der Waals surface area contributed by atoms with Crippen molar-refractivity contribution in [2.75, 3.05) is 18.8 Å². The summed E-state index contributed by atoms with van der Waals surface area (Å²) in [5.74, 6) is 2.92. The van der Waals surface area contributed by atoms with Crippen LogP contribution in [-0.2, 0) is 6.54 Å². The summed E-state index contributed by atoms with van der Waals surface area (Å²) in [6.07, 6.45) is 4.10. The predicted molar refractivity (Wildman–Crippen MR) is 120 cm³/mol.